The number of nitrogens with zero attached hydrogens (tertiary/aromatic N) is 3. The zero-order chi connectivity index (χ0) is 17.1. The number of aromatic nitrogens is 1. The molecular weight excluding hydrogens is 294 g/mol. The average Bonchev–Trinajstić information content (AvgIpc) is 3.28. The molecule has 0 bridgehead atoms. The van der Waals surface area contributed by atoms with Crippen LogP contribution in [0.2, 0.25) is 0 Å². The molecule has 0 spiro atoms. The van der Waals surface area contributed by atoms with Crippen LogP contribution in [0.3, 0.4) is 0 Å². The van der Waals surface area contributed by atoms with Gasteiger partial charge in [0.25, 0.3) is 5.91 Å². The Morgan fingerprint density at radius 3 is 2.61 bits per heavy atom. The van der Waals surface area contributed by atoms with Crippen molar-refractivity contribution in [1.29, 1.82) is 5.26 Å². The van der Waals surface area contributed by atoms with Crippen molar-refractivity contribution in [3.8, 4) is 6.07 Å². The van der Waals surface area contributed by atoms with Crippen molar-refractivity contribution in [1.82, 2.24) is 9.47 Å². The third-order valence-corrected chi connectivity index (χ3v) is 3.90. The zero-order valence-corrected chi connectivity index (χ0v) is 13.9. The standard InChI is InChI=1S/C17H21N3O3/c1-11-7-13(12(2)20(11)15-5-6-15)8-14(9-18)17(22)23-10-16(21)19(3)4/h7-8,15H,5-6,10H2,1-4H3/b14-8+. The first-order valence-electron chi connectivity index (χ1n) is 7.52. The molecule has 0 unspecified atom stereocenters. The van der Waals surface area contributed by atoms with E-state index in [4.69, 9.17) is 4.74 Å². The van der Waals surface area contributed by atoms with E-state index in [0.717, 1.165) is 17.0 Å². The summed E-state index contributed by atoms with van der Waals surface area (Å²) >= 11 is 0. The van der Waals surface area contributed by atoms with E-state index in [2.05, 4.69) is 4.57 Å². The summed E-state index contributed by atoms with van der Waals surface area (Å²) in [6.45, 7) is 3.63. The second-order valence-electron chi connectivity index (χ2n) is 5.96. The van der Waals surface area contributed by atoms with Crippen molar-refractivity contribution in [3.05, 3.63) is 28.6 Å². The third-order valence-electron chi connectivity index (χ3n) is 3.90. The topological polar surface area (TPSA) is 75.3 Å². The van der Waals surface area contributed by atoms with Crippen LogP contribution in [0.1, 0.15) is 35.8 Å². The number of amides is 1. The van der Waals surface area contributed by atoms with Crippen molar-refractivity contribution >= 4 is 18.0 Å². The summed E-state index contributed by atoms with van der Waals surface area (Å²) in [5.41, 5.74) is 2.88. The van der Waals surface area contributed by atoms with E-state index in [1.807, 2.05) is 26.0 Å². The number of aryl methyl sites for hydroxylation is 1. The second kappa shape index (κ2) is 6.69. The first kappa shape index (κ1) is 16.8. The Bertz CT molecular complexity index is 703. The Labute approximate surface area is 135 Å². The van der Waals surface area contributed by atoms with E-state index >= 15 is 0 Å². The van der Waals surface area contributed by atoms with Crippen LogP contribution < -0.4 is 0 Å². The average molecular weight is 315 g/mol. The van der Waals surface area contributed by atoms with Gasteiger partial charge in [0.15, 0.2) is 6.61 Å². The minimum Gasteiger partial charge on any atom is -0.451 e. The summed E-state index contributed by atoms with van der Waals surface area (Å²) in [4.78, 5) is 24.7. The molecule has 0 aromatic carbocycles. The highest BCUT2D eigenvalue weighted by Crippen LogP contribution is 2.38. The van der Waals surface area contributed by atoms with Crippen molar-refractivity contribution in [3.63, 3.8) is 0 Å². The number of hydrogen-bond acceptors (Lipinski definition) is 4. The Kier molecular flexibility index (Phi) is 4.89. The first-order chi connectivity index (χ1) is 10.8. The smallest absolute Gasteiger partial charge is 0.349 e. The molecule has 6 heteroatoms. The van der Waals surface area contributed by atoms with Gasteiger partial charge in [-0.1, -0.05) is 0 Å². The Hall–Kier alpha value is -2.55. The number of carbonyl (C=O) groups is 2. The number of likely N-dealkylation sites (N-methyl/N-ethyl adjacent to an activating group) is 1. The number of rotatable bonds is 5. The maximum Gasteiger partial charge on any atom is 0.349 e. The quantitative estimate of drug-likeness (QED) is 0.473. The normalized spacial score (nSPS) is 14.3. The van der Waals surface area contributed by atoms with Crippen LogP contribution >= 0.6 is 0 Å². The number of ether oxygens (including phenoxy) is 1. The Morgan fingerprint density at radius 2 is 2.09 bits per heavy atom. The predicted octanol–water partition coefficient (Wildman–Crippen LogP) is 1.98. The van der Waals surface area contributed by atoms with E-state index < -0.39 is 5.97 Å². The number of esters is 1. The third kappa shape index (κ3) is 3.81. The molecule has 1 aromatic rings. The highest BCUT2D eigenvalue weighted by atomic mass is 16.5. The van der Waals surface area contributed by atoms with Crippen LogP contribution in [0, 0.1) is 25.2 Å². The molecule has 0 N–H and O–H groups in total. The molecule has 0 saturated heterocycles. The van der Waals surface area contributed by atoms with Crippen LogP contribution in [-0.2, 0) is 14.3 Å². The van der Waals surface area contributed by atoms with Gasteiger partial charge in [0.1, 0.15) is 11.6 Å². The largest absolute Gasteiger partial charge is 0.451 e. The SMILES string of the molecule is Cc1cc(/C=C(\C#N)C(=O)OCC(=O)N(C)C)c(C)n1C1CC1. The summed E-state index contributed by atoms with van der Waals surface area (Å²) in [7, 11) is 3.15. The number of carbonyl (C=O) groups excluding carboxylic acids is 2. The van der Waals surface area contributed by atoms with Gasteiger partial charge < -0.3 is 14.2 Å². The molecule has 2 rings (SSSR count). The summed E-state index contributed by atoms with van der Waals surface area (Å²) in [5.74, 6) is -1.11. The predicted molar refractivity (Wildman–Crippen MR) is 85.4 cm³/mol. The lowest BCUT2D eigenvalue weighted by Gasteiger charge is -2.10. The molecule has 1 amide bonds. The van der Waals surface area contributed by atoms with Gasteiger partial charge in [-0.2, -0.15) is 5.26 Å². The molecule has 1 fully saturated rings. The maximum atomic E-state index is 12.0. The summed E-state index contributed by atoms with van der Waals surface area (Å²) in [5, 5.41) is 9.20. The van der Waals surface area contributed by atoms with Crippen molar-refractivity contribution in [2.24, 2.45) is 0 Å². The molecule has 0 aliphatic heterocycles. The van der Waals surface area contributed by atoms with Crippen LogP contribution in [0.4, 0.5) is 0 Å². The Morgan fingerprint density at radius 1 is 1.43 bits per heavy atom. The van der Waals surface area contributed by atoms with Gasteiger partial charge in [0.05, 0.1) is 0 Å². The van der Waals surface area contributed by atoms with Crippen molar-refractivity contribution < 1.29 is 14.3 Å². The molecule has 1 heterocycles. The molecule has 0 atom stereocenters. The molecule has 1 aromatic heterocycles. The minimum atomic E-state index is -0.779. The summed E-state index contributed by atoms with van der Waals surface area (Å²) in [6, 6.07) is 4.35. The van der Waals surface area contributed by atoms with Gasteiger partial charge in [0, 0.05) is 31.5 Å². The van der Waals surface area contributed by atoms with Crippen LogP contribution in [0.15, 0.2) is 11.6 Å². The molecule has 1 saturated carbocycles. The Balaban J connectivity index is 2.16. The van der Waals surface area contributed by atoms with Gasteiger partial charge in [-0.25, -0.2) is 4.79 Å². The van der Waals surface area contributed by atoms with Gasteiger partial charge in [-0.15, -0.1) is 0 Å². The monoisotopic (exact) mass is 315 g/mol. The van der Waals surface area contributed by atoms with Gasteiger partial charge in [0.2, 0.25) is 0 Å². The van der Waals surface area contributed by atoms with E-state index in [0.29, 0.717) is 6.04 Å². The van der Waals surface area contributed by atoms with Crippen LogP contribution in [0.25, 0.3) is 6.08 Å². The highest BCUT2D eigenvalue weighted by molar-refractivity contribution is 5.99. The number of nitriles is 1. The van der Waals surface area contributed by atoms with E-state index in [-0.39, 0.29) is 18.1 Å². The van der Waals surface area contributed by atoms with Gasteiger partial charge in [-0.05, 0) is 44.4 Å². The molecule has 0 radical (unpaired) electrons. The van der Waals surface area contributed by atoms with Crippen LogP contribution in [0.5, 0.6) is 0 Å². The van der Waals surface area contributed by atoms with Gasteiger partial charge >= 0.3 is 5.97 Å². The molecule has 23 heavy (non-hydrogen) atoms. The van der Waals surface area contributed by atoms with E-state index in [1.165, 1.54) is 23.8 Å². The van der Waals surface area contributed by atoms with Crippen molar-refractivity contribution in [2.45, 2.75) is 32.7 Å². The van der Waals surface area contributed by atoms with Gasteiger partial charge in [-0.3, -0.25) is 4.79 Å². The van der Waals surface area contributed by atoms with Crippen molar-refractivity contribution in [2.75, 3.05) is 20.7 Å². The fraction of sp³-hybridized carbons (Fsp3) is 0.471. The molecule has 1 aliphatic carbocycles. The second-order valence-corrected chi connectivity index (χ2v) is 5.96. The fourth-order valence-electron chi connectivity index (χ4n) is 2.47. The molecular formula is C17H21N3O3. The van der Waals surface area contributed by atoms with Crippen LogP contribution in [-0.4, -0.2) is 42.0 Å². The number of hydrogen-bond donors (Lipinski definition) is 0. The molecule has 122 valence electrons. The fourth-order valence-corrected chi connectivity index (χ4v) is 2.47. The van der Waals surface area contributed by atoms with E-state index in [9.17, 15) is 14.9 Å². The lowest BCUT2D eigenvalue weighted by Crippen LogP contribution is -2.27. The first-order valence-corrected chi connectivity index (χ1v) is 7.52. The highest BCUT2D eigenvalue weighted by Gasteiger charge is 2.27. The molecule has 6 nitrogen and oxygen atoms in total. The zero-order valence-electron chi connectivity index (χ0n) is 13.9. The lowest BCUT2D eigenvalue weighted by molar-refractivity contribution is -0.147. The molecule has 1 aliphatic rings. The summed E-state index contributed by atoms with van der Waals surface area (Å²) in [6.07, 6.45) is 3.86. The lowest BCUT2D eigenvalue weighted by atomic mass is 10.1. The summed E-state index contributed by atoms with van der Waals surface area (Å²) < 4.78 is 7.14. The maximum absolute atomic E-state index is 12.0. The minimum absolute atomic E-state index is 0.104. The van der Waals surface area contributed by atoms with E-state index in [1.54, 1.807) is 14.1 Å².